The highest BCUT2D eigenvalue weighted by Gasteiger charge is 2.22. The van der Waals surface area contributed by atoms with Gasteiger partial charge in [0.2, 0.25) is 5.95 Å². The number of aryl methyl sites for hydroxylation is 1. The van der Waals surface area contributed by atoms with E-state index in [2.05, 4.69) is 61.6 Å². The summed E-state index contributed by atoms with van der Waals surface area (Å²) in [6.45, 7) is 3.92. The Morgan fingerprint density at radius 1 is 0.906 bits per heavy atom. The molecule has 5 rings (SSSR count). The molecule has 8 heteroatoms. The predicted molar refractivity (Wildman–Crippen MR) is 122 cm³/mol. The third-order valence-corrected chi connectivity index (χ3v) is 5.80. The summed E-state index contributed by atoms with van der Waals surface area (Å²) < 4.78 is 7.88. The molecule has 3 heterocycles. The lowest BCUT2D eigenvalue weighted by Gasteiger charge is -2.32. The van der Waals surface area contributed by atoms with E-state index in [1.807, 2.05) is 36.7 Å². The number of tetrazole rings is 1. The molecule has 0 unspecified atom stereocenters. The number of hydrogen-bond acceptors (Lipinski definition) is 7. The van der Waals surface area contributed by atoms with Crippen LogP contribution in [0.3, 0.4) is 0 Å². The van der Waals surface area contributed by atoms with Crippen molar-refractivity contribution in [3.05, 3.63) is 72.8 Å². The van der Waals surface area contributed by atoms with Gasteiger partial charge >= 0.3 is 0 Å². The van der Waals surface area contributed by atoms with Crippen LogP contribution in [0.2, 0.25) is 0 Å². The first-order valence-electron chi connectivity index (χ1n) is 10.9. The summed E-state index contributed by atoms with van der Waals surface area (Å²) in [6, 6.07) is 16.4. The topological polar surface area (TPSA) is 81.9 Å². The molecular weight excluding hydrogens is 402 g/mol. The van der Waals surface area contributed by atoms with E-state index in [1.54, 1.807) is 11.0 Å². The highest BCUT2D eigenvalue weighted by atomic mass is 16.5. The molecule has 4 aromatic rings. The maximum Gasteiger partial charge on any atom is 0.225 e. The number of aromatic nitrogens is 6. The predicted octanol–water partition coefficient (Wildman–Crippen LogP) is 3.73. The van der Waals surface area contributed by atoms with Crippen molar-refractivity contribution in [1.29, 1.82) is 0 Å². The van der Waals surface area contributed by atoms with E-state index in [4.69, 9.17) is 4.74 Å². The van der Waals surface area contributed by atoms with Gasteiger partial charge < -0.3 is 9.64 Å². The average molecular weight is 428 g/mol. The van der Waals surface area contributed by atoms with E-state index in [0.717, 1.165) is 60.9 Å². The van der Waals surface area contributed by atoms with Crippen molar-refractivity contribution in [2.45, 2.75) is 32.3 Å². The van der Waals surface area contributed by atoms with Gasteiger partial charge in [-0.3, -0.25) is 0 Å². The third-order valence-electron chi connectivity index (χ3n) is 5.80. The van der Waals surface area contributed by atoms with Gasteiger partial charge in [0.15, 0.2) is 0 Å². The van der Waals surface area contributed by atoms with Gasteiger partial charge in [-0.05, 0) is 57.8 Å². The Balaban J connectivity index is 1.16. The summed E-state index contributed by atoms with van der Waals surface area (Å²) in [7, 11) is 0. The highest BCUT2D eigenvalue weighted by molar-refractivity contribution is 5.65. The maximum absolute atomic E-state index is 6.24. The monoisotopic (exact) mass is 427 g/mol. The smallest absolute Gasteiger partial charge is 0.225 e. The molecule has 32 heavy (non-hydrogen) atoms. The van der Waals surface area contributed by atoms with Crippen molar-refractivity contribution >= 4 is 5.95 Å². The van der Waals surface area contributed by atoms with Gasteiger partial charge in [0.1, 0.15) is 18.2 Å². The molecule has 162 valence electrons. The maximum atomic E-state index is 6.24. The number of benzene rings is 2. The first kappa shape index (κ1) is 20.1. The van der Waals surface area contributed by atoms with Gasteiger partial charge in [-0.15, -0.1) is 5.10 Å². The van der Waals surface area contributed by atoms with Crippen molar-refractivity contribution in [1.82, 2.24) is 30.2 Å². The summed E-state index contributed by atoms with van der Waals surface area (Å²) >= 11 is 0. The van der Waals surface area contributed by atoms with Crippen LogP contribution in [-0.2, 0) is 6.42 Å². The Morgan fingerprint density at radius 2 is 1.56 bits per heavy atom. The van der Waals surface area contributed by atoms with E-state index >= 15 is 0 Å². The van der Waals surface area contributed by atoms with Gasteiger partial charge in [-0.1, -0.05) is 31.2 Å². The molecule has 8 nitrogen and oxygen atoms in total. The van der Waals surface area contributed by atoms with Crippen molar-refractivity contribution in [3.8, 4) is 22.6 Å². The van der Waals surface area contributed by atoms with Crippen LogP contribution in [-0.4, -0.2) is 49.4 Å². The van der Waals surface area contributed by atoms with Gasteiger partial charge in [0.25, 0.3) is 0 Å². The quantitative estimate of drug-likeness (QED) is 0.464. The zero-order chi connectivity index (χ0) is 21.8. The van der Waals surface area contributed by atoms with E-state index in [0.29, 0.717) is 0 Å². The number of hydrogen-bond donors (Lipinski definition) is 0. The molecule has 0 atom stereocenters. The summed E-state index contributed by atoms with van der Waals surface area (Å²) in [4.78, 5) is 11.2. The fraction of sp³-hybridized carbons (Fsp3) is 0.292. The van der Waals surface area contributed by atoms with Crippen molar-refractivity contribution < 1.29 is 4.74 Å². The minimum Gasteiger partial charge on any atom is -0.490 e. The number of anilines is 1. The molecule has 0 aliphatic carbocycles. The van der Waals surface area contributed by atoms with Gasteiger partial charge in [0.05, 0.1) is 5.69 Å². The van der Waals surface area contributed by atoms with E-state index < -0.39 is 0 Å². The lowest BCUT2D eigenvalue weighted by Crippen LogP contribution is -2.39. The van der Waals surface area contributed by atoms with Gasteiger partial charge in [0, 0.05) is 38.3 Å². The fourth-order valence-electron chi connectivity index (χ4n) is 3.87. The second-order valence-electron chi connectivity index (χ2n) is 7.87. The number of rotatable bonds is 6. The lowest BCUT2D eigenvalue weighted by atomic mass is 10.0. The van der Waals surface area contributed by atoms with Crippen LogP contribution in [0.1, 0.15) is 25.3 Å². The Labute approximate surface area is 186 Å². The molecule has 0 bridgehead atoms. The van der Waals surface area contributed by atoms with Crippen LogP contribution in [0, 0.1) is 0 Å². The highest BCUT2D eigenvalue weighted by Crippen LogP contribution is 2.26. The number of ether oxygens (including phenoxy) is 1. The van der Waals surface area contributed by atoms with E-state index in [-0.39, 0.29) is 6.10 Å². The third kappa shape index (κ3) is 4.44. The Kier molecular flexibility index (Phi) is 5.74. The largest absolute Gasteiger partial charge is 0.490 e. The molecule has 0 N–H and O–H groups in total. The Hall–Kier alpha value is -3.81. The summed E-state index contributed by atoms with van der Waals surface area (Å²) in [5.74, 6) is 1.72. The zero-order valence-corrected chi connectivity index (χ0v) is 18.0. The molecule has 0 spiro atoms. The van der Waals surface area contributed by atoms with E-state index in [1.165, 1.54) is 5.56 Å². The molecule has 0 amide bonds. The zero-order valence-electron chi connectivity index (χ0n) is 18.0. The molecule has 1 fully saturated rings. The normalized spacial score (nSPS) is 14.5. The van der Waals surface area contributed by atoms with Crippen LogP contribution in [0.25, 0.3) is 16.8 Å². The summed E-state index contributed by atoms with van der Waals surface area (Å²) in [6.07, 6.45) is 8.51. The minimum atomic E-state index is 0.211. The first-order chi connectivity index (χ1) is 15.8. The van der Waals surface area contributed by atoms with Crippen molar-refractivity contribution in [2.75, 3.05) is 18.0 Å². The number of piperidine rings is 1. The molecule has 1 aliphatic heterocycles. The van der Waals surface area contributed by atoms with Crippen molar-refractivity contribution in [2.24, 2.45) is 0 Å². The fourth-order valence-corrected chi connectivity index (χ4v) is 3.87. The van der Waals surface area contributed by atoms with E-state index in [9.17, 15) is 0 Å². The van der Waals surface area contributed by atoms with Crippen LogP contribution in [0.15, 0.2) is 67.3 Å². The Bertz CT molecular complexity index is 1120. The van der Waals surface area contributed by atoms with Gasteiger partial charge in [-0.25, -0.2) is 14.6 Å². The average Bonchev–Trinajstić information content (AvgIpc) is 3.40. The minimum absolute atomic E-state index is 0.211. The second kappa shape index (κ2) is 9.13. The van der Waals surface area contributed by atoms with Crippen molar-refractivity contribution in [3.63, 3.8) is 0 Å². The summed E-state index contributed by atoms with van der Waals surface area (Å²) in [5.41, 5.74) is 4.37. The van der Waals surface area contributed by atoms with Crippen LogP contribution in [0.5, 0.6) is 5.75 Å². The number of nitrogens with zero attached hydrogens (tertiary/aromatic N) is 7. The molecule has 1 saturated heterocycles. The molecule has 0 saturated carbocycles. The van der Waals surface area contributed by atoms with Crippen LogP contribution >= 0.6 is 0 Å². The first-order valence-corrected chi connectivity index (χ1v) is 10.9. The molecule has 1 aliphatic rings. The SMILES string of the molecule is CCc1cnc(N2CCC(Oc3ccc(-c4ccc(-n5cnnn5)cc4)cc3)CC2)nc1. The standard InChI is InChI=1S/C24H25N7O/c1-2-18-15-25-24(26-16-18)30-13-11-23(12-14-30)32-22-9-5-20(6-10-22)19-3-7-21(8-4-19)31-17-27-28-29-31/h3-10,15-17,23H,2,11-14H2,1H3. The molecule has 0 radical (unpaired) electrons. The molecular formula is C24H25N7O. The molecule has 2 aromatic carbocycles. The second-order valence-corrected chi connectivity index (χ2v) is 7.87. The summed E-state index contributed by atoms with van der Waals surface area (Å²) in [5, 5.41) is 11.3. The van der Waals surface area contributed by atoms with Crippen LogP contribution < -0.4 is 9.64 Å². The molecule has 2 aromatic heterocycles. The Morgan fingerprint density at radius 3 is 2.16 bits per heavy atom. The van der Waals surface area contributed by atoms with Gasteiger partial charge in [-0.2, -0.15) is 0 Å². The lowest BCUT2D eigenvalue weighted by molar-refractivity contribution is 0.170. The van der Waals surface area contributed by atoms with Crippen LogP contribution in [0.4, 0.5) is 5.95 Å².